The van der Waals surface area contributed by atoms with Crippen LogP contribution in [0.1, 0.15) is 35.3 Å². The Bertz CT molecular complexity index is 810. The molecule has 2 N–H and O–H groups in total. The average Bonchev–Trinajstić information content (AvgIpc) is 2.61. The van der Waals surface area contributed by atoms with Gasteiger partial charge in [0.05, 0.1) is 18.7 Å². The van der Waals surface area contributed by atoms with Crippen molar-refractivity contribution in [1.29, 1.82) is 0 Å². The van der Waals surface area contributed by atoms with Gasteiger partial charge < -0.3 is 19.9 Å². The van der Waals surface area contributed by atoms with E-state index in [9.17, 15) is 9.59 Å². The molecule has 1 heterocycles. The molecule has 2 aromatic rings. The van der Waals surface area contributed by atoms with Crippen LogP contribution in [0, 0.1) is 13.8 Å². The quantitative estimate of drug-likeness (QED) is 0.674. The number of amides is 1. The first-order valence-corrected chi connectivity index (χ1v) is 9.18. The van der Waals surface area contributed by atoms with E-state index < -0.39 is 0 Å². The van der Waals surface area contributed by atoms with Crippen molar-refractivity contribution in [3.8, 4) is 0 Å². The van der Waals surface area contributed by atoms with Gasteiger partial charge in [0.15, 0.2) is 0 Å². The highest BCUT2D eigenvalue weighted by Gasteiger charge is 2.12. The third kappa shape index (κ3) is 5.16. The van der Waals surface area contributed by atoms with Crippen LogP contribution in [0.3, 0.4) is 0 Å². The highest BCUT2D eigenvalue weighted by molar-refractivity contribution is 5.97. The SMILES string of the molecule is CCN(CC)CCOCCNC(=O)c1cc2cc(C)cc(C)c2[nH]c1=O. The first-order valence-electron chi connectivity index (χ1n) is 9.18. The molecular weight excluding hydrogens is 330 g/mol. The number of rotatable bonds is 9. The van der Waals surface area contributed by atoms with Gasteiger partial charge in [-0.25, -0.2) is 0 Å². The number of H-pyrrole nitrogens is 1. The minimum Gasteiger partial charge on any atom is -0.378 e. The van der Waals surface area contributed by atoms with Crippen LogP contribution in [0.25, 0.3) is 10.9 Å². The molecular formula is C20H29N3O3. The zero-order chi connectivity index (χ0) is 19.1. The number of fused-ring (bicyclic) bond motifs is 1. The number of ether oxygens (including phenoxy) is 1. The van der Waals surface area contributed by atoms with Crippen LogP contribution in [0.4, 0.5) is 0 Å². The minimum absolute atomic E-state index is 0.130. The predicted molar refractivity (Wildman–Crippen MR) is 105 cm³/mol. The molecule has 1 amide bonds. The van der Waals surface area contributed by atoms with E-state index in [0.717, 1.165) is 41.7 Å². The first-order chi connectivity index (χ1) is 12.5. The van der Waals surface area contributed by atoms with Gasteiger partial charge in [0.1, 0.15) is 5.56 Å². The number of nitrogens with zero attached hydrogens (tertiary/aromatic N) is 1. The van der Waals surface area contributed by atoms with Crippen LogP contribution in [0.5, 0.6) is 0 Å². The van der Waals surface area contributed by atoms with E-state index >= 15 is 0 Å². The molecule has 0 bridgehead atoms. The number of aryl methyl sites for hydroxylation is 2. The molecule has 0 spiro atoms. The van der Waals surface area contributed by atoms with Gasteiger partial charge >= 0.3 is 0 Å². The number of benzene rings is 1. The molecule has 6 heteroatoms. The zero-order valence-corrected chi connectivity index (χ0v) is 16.1. The Labute approximate surface area is 154 Å². The van der Waals surface area contributed by atoms with Crippen molar-refractivity contribution < 1.29 is 9.53 Å². The highest BCUT2D eigenvalue weighted by atomic mass is 16.5. The molecule has 0 aliphatic rings. The number of aromatic amines is 1. The Morgan fingerprint density at radius 2 is 1.88 bits per heavy atom. The molecule has 1 aromatic carbocycles. The number of carbonyl (C=O) groups excluding carboxylic acids is 1. The van der Waals surface area contributed by atoms with E-state index in [4.69, 9.17) is 4.74 Å². The lowest BCUT2D eigenvalue weighted by molar-refractivity contribution is 0.0883. The number of hydrogen-bond acceptors (Lipinski definition) is 4. The van der Waals surface area contributed by atoms with E-state index in [1.807, 2.05) is 26.0 Å². The maximum absolute atomic E-state index is 12.3. The fourth-order valence-electron chi connectivity index (χ4n) is 3.02. The summed E-state index contributed by atoms with van der Waals surface area (Å²) in [4.78, 5) is 29.6. The lowest BCUT2D eigenvalue weighted by Crippen LogP contribution is -2.33. The molecule has 0 fully saturated rings. The molecule has 0 saturated heterocycles. The van der Waals surface area contributed by atoms with Crippen LogP contribution in [0.15, 0.2) is 23.0 Å². The second-order valence-electron chi connectivity index (χ2n) is 6.45. The van der Waals surface area contributed by atoms with Gasteiger partial charge in [0.2, 0.25) is 0 Å². The van der Waals surface area contributed by atoms with Crippen LogP contribution in [0.2, 0.25) is 0 Å². The lowest BCUT2D eigenvalue weighted by atomic mass is 10.1. The number of aromatic nitrogens is 1. The number of likely N-dealkylation sites (N-methyl/N-ethyl adjacent to an activating group) is 1. The van der Waals surface area contributed by atoms with Crippen molar-refractivity contribution in [2.45, 2.75) is 27.7 Å². The summed E-state index contributed by atoms with van der Waals surface area (Å²) < 4.78 is 5.54. The summed E-state index contributed by atoms with van der Waals surface area (Å²) in [6.45, 7) is 12.5. The largest absolute Gasteiger partial charge is 0.378 e. The molecule has 2 rings (SSSR count). The number of carbonyl (C=O) groups is 1. The van der Waals surface area contributed by atoms with E-state index in [1.165, 1.54) is 0 Å². The maximum atomic E-state index is 12.3. The predicted octanol–water partition coefficient (Wildman–Crippen LogP) is 2.23. The Balaban J connectivity index is 1.91. The maximum Gasteiger partial charge on any atom is 0.261 e. The standard InChI is InChI=1S/C20H29N3O3/c1-5-23(6-2)8-10-26-9-7-21-19(24)17-13-16-12-14(3)11-15(4)18(16)22-20(17)25/h11-13H,5-10H2,1-4H3,(H,21,24)(H,22,25). The molecule has 0 radical (unpaired) electrons. The van der Waals surface area contributed by atoms with Crippen LogP contribution in [-0.4, -0.2) is 55.2 Å². The lowest BCUT2D eigenvalue weighted by Gasteiger charge is -2.17. The fraction of sp³-hybridized carbons (Fsp3) is 0.500. The van der Waals surface area contributed by atoms with Crippen LogP contribution in [-0.2, 0) is 4.74 Å². The van der Waals surface area contributed by atoms with Crippen molar-refractivity contribution >= 4 is 16.8 Å². The smallest absolute Gasteiger partial charge is 0.261 e. The van der Waals surface area contributed by atoms with E-state index in [1.54, 1.807) is 6.07 Å². The van der Waals surface area contributed by atoms with Gasteiger partial charge in [-0.2, -0.15) is 0 Å². The normalized spacial score (nSPS) is 11.3. The average molecular weight is 359 g/mol. The molecule has 142 valence electrons. The van der Waals surface area contributed by atoms with Crippen LogP contribution < -0.4 is 10.9 Å². The molecule has 0 aliphatic carbocycles. The van der Waals surface area contributed by atoms with Gasteiger partial charge in [-0.1, -0.05) is 25.5 Å². The van der Waals surface area contributed by atoms with Crippen molar-refractivity contribution in [3.05, 3.63) is 45.2 Å². The Morgan fingerprint density at radius 1 is 1.15 bits per heavy atom. The molecule has 26 heavy (non-hydrogen) atoms. The number of nitrogens with one attached hydrogen (secondary N) is 2. The van der Waals surface area contributed by atoms with Crippen molar-refractivity contribution in [2.24, 2.45) is 0 Å². The summed E-state index contributed by atoms with van der Waals surface area (Å²) in [6.07, 6.45) is 0. The van der Waals surface area contributed by atoms with Gasteiger partial charge in [0.25, 0.3) is 11.5 Å². The number of pyridine rings is 1. The van der Waals surface area contributed by atoms with Gasteiger partial charge in [-0.3, -0.25) is 9.59 Å². The summed E-state index contributed by atoms with van der Waals surface area (Å²) in [5, 5.41) is 3.62. The molecule has 0 unspecified atom stereocenters. The summed E-state index contributed by atoms with van der Waals surface area (Å²) in [6, 6.07) is 5.63. The van der Waals surface area contributed by atoms with E-state index in [-0.39, 0.29) is 17.0 Å². The Hall–Kier alpha value is -2.18. The van der Waals surface area contributed by atoms with E-state index in [0.29, 0.717) is 19.8 Å². The summed E-state index contributed by atoms with van der Waals surface area (Å²) in [5.41, 5.74) is 2.62. The summed E-state index contributed by atoms with van der Waals surface area (Å²) in [7, 11) is 0. The van der Waals surface area contributed by atoms with Crippen molar-refractivity contribution in [1.82, 2.24) is 15.2 Å². The monoisotopic (exact) mass is 359 g/mol. The number of hydrogen-bond donors (Lipinski definition) is 2. The highest BCUT2D eigenvalue weighted by Crippen LogP contribution is 2.17. The third-order valence-electron chi connectivity index (χ3n) is 4.52. The molecule has 0 aliphatic heterocycles. The van der Waals surface area contributed by atoms with Crippen molar-refractivity contribution in [2.75, 3.05) is 39.4 Å². The Morgan fingerprint density at radius 3 is 2.58 bits per heavy atom. The minimum atomic E-state index is -0.375. The zero-order valence-electron chi connectivity index (χ0n) is 16.1. The second-order valence-corrected chi connectivity index (χ2v) is 6.45. The van der Waals surface area contributed by atoms with Crippen molar-refractivity contribution in [3.63, 3.8) is 0 Å². The molecule has 6 nitrogen and oxygen atoms in total. The topological polar surface area (TPSA) is 74.4 Å². The summed E-state index contributed by atoms with van der Waals surface area (Å²) in [5.74, 6) is -0.375. The molecule has 0 atom stereocenters. The summed E-state index contributed by atoms with van der Waals surface area (Å²) >= 11 is 0. The second kappa shape index (κ2) is 9.50. The van der Waals surface area contributed by atoms with Gasteiger partial charge in [-0.15, -0.1) is 0 Å². The van der Waals surface area contributed by atoms with E-state index in [2.05, 4.69) is 29.0 Å². The van der Waals surface area contributed by atoms with Gasteiger partial charge in [-0.05, 0) is 50.0 Å². The first kappa shape index (κ1) is 20.1. The molecule has 0 saturated carbocycles. The third-order valence-corrected chi connectivity index (χ3v) is 4.52. The van der Waals surface area contributed by atoms with Gasteiger partial charge in [0, 0.05) is 13.1 Å². The molecule has 1 aromatic heterocycles. The Kier molecular flexibility index (Phi) is 7.36. The fourth-order valence-corrected chi connectivity index (χ4v) is 3.02. The van der Waals surface area contributed by atoms with Crippen LogP contribution >= 0.6 is 0 Å².